The SMILES string of the molecule is CC(C)(C)CNC(=O)N1CCC2(CC1)NC(=O)NC2=O. The van der Waals surface area contributed by atoms with Gasteiger partial charge in [0.2, 0.25) is 0 Å². The smallest absolute Gasteiger partial charge is 0.322 e. The topological polar surface area (TPSA) is 90.5 Å². The second kappa shape index (κ2) is 4.96. The van der Waals surface area contributed by atoms with Crippen LogP contribution in [0.1, 0.15) is 33.6 Å². The maximum absolute atomic E-state index is 12.0. The molecular weight excluding hydrogens is 260 g/mol. The highest BCUT2D eigenvalue weighted by Crippen LogP contribution is 2.25. The van der Waals surface area contributed by atoms with E-state index in [1.54, 1.807) is 4.90 Å². The molecule has 7 nitrogen and oxygen atoms in total. The number of hydrogen-bond acceptors (Lipinski definition) is 3. The Bertz CT molecular complexity index is 433. The summed E-state index contributed by atoms with van der Waals surface area (Å²) >= 11 is 0. The number of piperidine rings is 1. The van der Waals surface area contributed by atoms with Crippen molar-refractivity contribution in [1.82, 2.24) is 20.9 Å². The number of carbonyl (C=O) groups is 3. The van der Waals surface area contributed by atoms with Gasteiger partial charge in [-0.3, -0.25) is 10.1 Å². The molecule has 2 rings (SSSR count). The molecule has 7 heteroatoms. The minimum absolute atomic E-state index is 0.0337. The van der Waals surface area contributed by atoms with Crippen molar-refractivity contribution in [2.24, 2.45) is 5.41 Å². The zero-order chi connectivity index (χ0) is 15.0. The van der Waals surface area contributed by atoms with Crippen LogP contribution in [0.3, 0.4) is 0 Å². The summed E-state index contributed by atoms with van der Waals surface area (Å²) in [6.07, 6.45) is 0.904. The molecule has 0 bridgehead atoms. The van der Waals surface area contributed by atoms with Gasteiger partial charge in [-0.1, -0.05) is 20.8 Å². The van der Waals surface area contributed by atoms with E-state index in [2.05, 4.69) is 36.7 Å². The number of nitrogens with one attached hydrogen (secondary N) is 3. The summed E-state index contributed by atoms with van der Waals surface area (Å²) in [4.78, 5) is 36.7. The number of hydrogen-bond donors (Lipinski definition) is 3. The van der Waals surface area contributed by atoms with Gasteiger partial charge in [0.05, 0.1) is 0 Å². The molecule has 1 spiro atoms. The molecule has 0 aliphatic carbocycles. The van der Waals surface area contributed by atoms with Gasteiger partial charge >= 0.3 is 12.1 Å². The quantitative estimate of drug-likeness (QED) is 0.609. The van der Waals surface area contributed by atoms with Crippen LogP contribution >= 0.6 is 0 Å². The second-order valence-electron chi connectivity index (χ2n) is 6.70. The Balaban J connectivity index is 1.87. The largest absolute Gasteiger partial charge is 0.337 e. The highest BCUT2D eigenvalue weighted by molar-refractivity contribution is 6.07. The van der Waals surface area contributed by atoms with E-state index in [-0.39, 0.29) is 17.4 Å². The van der Waals surface area contributed by atoms with E-state index in [1.807, 2.05) is 0 Å². The third-order valence-electron chi connectivity index (χ3n) is 3.69. The average Bonchev–Trinajstić information content (AvgIpc) is 2.61. The van der Waals surface area contributed by atoms with Crippen LogP contribution in [0.15, 0.2) is 0 Å². The lowest BCUT2D eigenvalue weighted by Gasteiger charge is -2.37. The lowest BCUT2D eigenvalue weighted by Crippen LogP contribution is -2.57. The molecule has 0 unspecified atom stereocenters. The highest BCUT2D eigenvalue weighted by Gasteiger charge is 2.48. The van der Waals surface area contributed by atoms with Gasteiger partial charge in [0.25, 0.3) is 5.91 Å². The number of imide groups is 1. The molecule has 2 aliphatic rings. The maximum Gasteiger partial charge on any atom is 0.322 e. The van der Waals surface area contributed by atoms with E-state index >= 15 is 0 Å². The first kappa shape index (κ1) is 14.6. The molecule has 0 atom stereocenters. The second-order valence-corrected chi connectivity index (χ2v) is 6.70. The molecule has 0 aromatic carbocycles. The molecule has 2 heterocycles. The zero-order valence-electron chi connectivity index (χ0n) is 12.2. The molecule has 3 N–H and O–H groups in total. The van der Waals surface area contributed by atoms with Crippen LogP contribution in [0.4, 0.5) is 9.59 Å². The van der Waals surface area contributed by atoms with Crippen molar-refractivity contribution >= 4 is 18.0 Å². The van der Waals surface area contributed by atoms with Crippen molar-refractivity contribution in [3.05, 3.63) is 0 Å². The first-order valence-corrected chi connectivity index (χ1v) is 6.88. The van der Waals surface area contributed by atoms with Crippen LogP contribution in [-0.4, -0.2) is 48.0 Å². The fraction of sp³-hybridized carbons (Fsp3) is 0.769. The molecule has 0 aromatic rings. The molecular formula is C13H22N4O3. The Hall–Kier alpha value is -1.79. The summed E-state index contributed by atoms with van der Waals surface area (Å²) < 4.78 is 0. The summed E-state index contributed by atoms with van der Waals surface area (Å²) in [6.45, 7) is 7.68. The van der Waals surface area contributed by atoms with Crippen LogP contribution in [0, 0.1) is 5.41 Å². The average molecular weight is 282 g/mol. The first-order valence-electron chi connectivity index (χ1n) is 6.88. The molecule has 20 heavy (non-hydrogen) atoms. The molecule has 112 valence electrons. The van der Waals surface area contributed by atoms with Gasteiger partial charge in [0.15, 0.2) is 0 Å². The van der Waals surface area contributed by atoms with Gasteiger partial charge in [-0.15, -0.1) is 0 Å². The van der Waals surface area contributed by atoms with Crippen LogP contribution < -0.4 is 16.0 Å². The van der Waals surface area contributed by atoms with Gasteiger partial charge in [-0.05, 0) is 18.3 Å². The fourth-order valence-electron chi connectivity index (χ4n) is 2.42. The first-order chi connectivity index (χ1) is 9.22. The van der Waals surface area contributed by atoms with Crippen molar-refractivity contribution in [2.75, 3.05) is 19.6 Å². The van der Waals surface area contributed by atoms with Crippen LogP contribution in [0.2, 0.25) is 0 Å². The van der Waals surface area contributed by atoms with E-state index in [0.717, 1.165) is 0 Å². The lowest BCUT2D eigenvalue weighted by molar-refractivity contribution is -0.125. The van der Waals surface area contributed by atoms with Gasteiger partial charge in [-0.25, -0.2) is 9.59 Å². The predicted molar refractivity (Wildman–Crippen MR) is 73.1 cm³/mol. The van der Waals surface area contributed by atoms with E-state index < -0.39 is 11.6 Å². The van der Waals surface area contributed by atoms with Crippen LogP contribution in [-0.2, 0) is 4.79 Å². The number of carbonyl (C=O) groups excluding carboxylic acids is 3. The summed E-state index contributed by atoms with van der Waals surface area (Å²) in [5.74, 6) is -0.280. The Morgan fingerprint density at radius 3 is 2.35 bits per heavy atom. The zero-order valence-corrected chi connectivity index (χ0v) is 12.2. The van der Waals surface area contributed by atoms with Gasteiger partial charge in [0.1, 0.15) is 5.54 Å². The number of urea groups is 2. The molecule has 5 amide bonds. The third kappa shape index (κ3) is 3.02. The summed E-state index contributed by atoms with van der Waals surface area (Å²) in [7, 11) is 0. The molecule has 2 aliphatic heterocycles. The molecule has 0 aromatic heterocycles. The highest BCUT2D eigenvalue weighted by atomic mass is 16.2. The molecule has 0 radical (unpaired) electrons. The third-order valence-corrected chi connectivity index (χ3v) is 3.69. The molecule has 0 saturated carbocycles. The normalized spacial score (nSPS) is 21.6. The minimum atomic E-state index is -0.822. The number of nitrogens with zero attached hydrogens (tertiary/aromatic N) is 1. The van der Waals surface area contributed by atoms with Crippen molar-refractivity contribution in [1.29, 1.82) is 0 Å². The predicted octanol–water partition coefficient (Wildman–Crippen LogP) is 0.416. The Labute approximate surface area is 118 Å². The Kier molecular flexibility index (Phi) is 3.62. The Morgan fingerprint density at radius 2 is 1.90 bits per heavy atom. The Morgan fingerprint density at radius 1 is 1.30 bits per heavy atom. The van der Waals surface area contributed by atoms with Crippen LogP contribution in [0.5, 0.6) is 0 Å². The number of likely N-dealkylation sites (tertiary alicyclic amines) is 1. The summed E-state index contributed by atoms with van der Waals surface area (Å²) in [5, 5.41) is 7.83. The fourth-order valence-corrected chi connectivity index (χ4v) is 2.42. The molecule has 2 fully saturated rings. The summed E-state index contributed by atoms with van der Waals surface area (Å²) in [5.41, 5.74) is -0.788. The van der Waals surface area contributed by atoms with Gasteiger partial charge in [-0.2, -0.15) is 0 Å². The monoisotopic (exact) mass is 282 g/mol. The van der Waals surface area contributed by atoms with E-state index in [0.29, 0.717) is 32.5 Å². The number of rotatable bonds is 1. The molecule has 2 saturated heterocycles. The number of amides is 5. The lowest BCUT2D eigenvalue weighted by atomic mass is 9.88. The maximum atomic E-state index is 12.0. The standard InChI is InChI=1S/C13H22N4O3/c1-12(2,3)8-14-11(20)17-6-4-13(5-7-17)9(18)15-10(19)16-13/h4-8H2,1-3H3,(H,14,20)(H2,15,16,18,19). The van der Waals surface area contributed by atoms with Crippen molar-refractivity contribution in [3.8, 4) is 0 Å². The van der Waals surface area contributed by atoms with E-state index in [1.165, 1.54) is 0 Å². The summed E-state index contributed by atoms with van der Waals surface area (Å²) in [6, 6.07) is -0.555. The van der Waals surface area contributed by atoms with Crippen LogP contribution in [0.25, 0.3) is 0 Å². The van der Waals surface area contributed by atoms with Gasteiger partial charge < -0.3 is 15.5 Å². The van der Waals surface area contributed by atoms with Gasteiger partial charge in [0, 0.05) is 19.6 Å². The van der Waals surface area contributed by atoms with Crippen molar-refractivity contribution in [3.63, 3.8) is 0 Å². The van der Waals surface area contributed by atoms with E-state index in [9.17, 15) is 14.4 Å². The minimum Gasteiger partial charge on any atom is -0.337 e. The van der Waals surface area contributed by atoms with E-state index in [4.69, 9.17) is 0 Å². The van der Waals surface area contributed by atoms with Crippen molar-refractivity contribution < 1.29 is 14.4 Å². The van der Waals surface area contributed by atoms with Crippen molar-refractivity contribution in [2.45, 2.75) is 39.2 Å².